The minimum Gasteiger partial charge on any atom is -0.379 e. The highest BCUT2D eigenvalue weighted by Gasteiger charge is 2.70. The number of carbonyl (C=O) groups excluding carboxylic acids is 5. The van der Waals surface area contributed by atoms with Crippen LogP contribution in [0.15, 0.2) is 12.7 Å². The Hall–Kier alpha value is -3.00. The Morgan fingerprint density at radius 3 is 2.31 bits per heavy atom. The van der Waals surface area contributed by atoms with Gasteiger partial charge in [0.05, 0.1) is 30.5 Å². The Bertz CT molecular complexity index is 1380. The molecule has 0 aromatic rings. The minimum absolute atomic E-state index is 0.00478. The van der Waals surface area contributed by atoms with Crippen molar-refractivity contribution in [3.05, 3.63) is 12.7 Å². The zero-order chi connectivity index (χ0) is 35.7. The van der Waals surface area contributed by atoms with E-state index in [2.05, 4.69) is 27.8 Å². The second-order valence-electron chi connectivity index (χ2n) is 15.6. The van der Waals surface area contributed by atoms with E-state index in [1.54, 1.807) is 0 Å². The van der Waals surface area contributed by atoms with Gasteiger partial charge in [-0.1, -0.05) is 73.3 Å². The third-order valence-corrected chi connectivity index (χ3v) is 13.1. The van der Waals surface area contributed by atoms with Crippen molar-refractivity contribution in [2.45, 2.75) is 115 Å². The fourth-order valence-corrected chi connectivity index (χ4v) is 9.99. The van der Waals surface area contributed by atoms with Gasteiger partial charge in [-0.05, 0) is 41.9 Å². The molecule has 4 N–H and O–H groups in total. The number of nitrogens with zero attached hydrogens (tertiary/aromatic N) is 1. The molecule has 4 rings (SSSR count). The maximum atomic E-state index is 14.4. The Labute approximate surface area is 285 Å². The topological polar surface area (TPSA) is 180 Å². The molecule has 270 valence electrons. The van der Waals surface area contributed by atoms with E-state index < -0.39 is 73.7 Å². The third-order valence-electron chi connectivity index (χ3n) is 10.9. The Kier molecular flexibility index (Phi) is 11.4. The number of sulfone groups is 1. The third kappa shape index (κ3) is 7.74. The van der Waals surface area contributed by atoms with E-state index in [0.29, 0.717) is 25.8 Å². The fraction of sp³-hybridized carbons (Fsp3) is 0.794. The van der Waals surface area contributed by atoms with Crippen LogP contribution in [0.1, 0.15) is 86.5 Å². The number of urea groups is 1. The summed E-state index contributed by atoms with van der Waals surface area (Å²) in [5.41, 5.74) is -2.01. The van der Waals surface area contributed by atoms with Crippen molar-refractivity contribution in [1.82, 2.24) is 26.2 Å². The molecule has 0 bridgehead atoms. The summed E-state index contributed by atoms with van der Waals surface area (Å²) < 4.78 is 31.9. The van der Waals surface area contributed by atoms with Crippen molar-refractivity contribution in [2.24, 2.45) is 22.7 Å². The molecule has 2 aliphatic heterocycles. The highest BCUT2D eigenvalue weighted by molar-refractivity contribution is 7.92. The molecule has 0 radical (unpaired) electrons. The summed E-state index contributed by atoms with van der Waals surface area (Å²) in [5, 5.41) is 10.2. The van der Waals surface area contributed by atoms with Crippen molar-refractivity contribution in [2.75, 3.05) is 32.1 Å². The maximum absolute atomic E-state index is 14.4. The van der Waals surface area contributed by atoms with Crippen LogP contribution in [0.25, 0.3) is 0 Å². The Balaban J connectivity index is 1.56. The van der Waals surface area contributed by atoms with E-state index in [-0.39, 0.29) is 49.2 Å². The summed E-state index contributed by atoms with van der Waals surface area (Å²) in [6.07, 6.45) is 5.66. The number of fused-ring (bicyclic) bond motifs is 1. The molecule has 2 saturated carbocycles. The number of hydrogen-bond acceptors (Lipinski definition) is 8. The molecular formula is C34H55N5O8S. The van der Waals surface area contributed by atoms with Gasteiger partial charge in [0.1, 0.15) is 17.3 Å². The van der Waals surface area contributed by atoms with Gasteiger partial charge >= 0.3 is 6.03 Å². The summed E-state index contributed by atoms with van der Waals surface area (Å²) in [5.74, 6) is -2.74. The molecule has 48 heavy (non-hydrogen) atoms. The molecule has 5 amide bonds. The van der Waals surface area contributed by atoms with Crippen LogP contribution < -0.4 is 21.3 Å². The average molecular weight is 694 g/mol. The first-order valence-corrected chi connectivity index (χ1v) is 19.0. The van der Waals surface area contributed by atoms with Gasteiger partial charge in [-0.3, -0.25) is 19.2 Å². The first-order valence-electron chi connectivity index (χ1n) is 17.3. The standard InChI is InChI=1S/C34H55N5O8S/c1-8-13-22(26(40)29(42)35-16-9-2)36-28(41)25-24-21(33(24,6)7)19-39(25)30(43)27(32(3,4)5)37-31(44)38-34(14-11-10-12-15-34)23-20-47-17-18-48(23,45)46/h9,21-25,27H,2,8,10-20H2,1,3-7H3,(H,35,42)(H,36,41)(H2,37,38,44)/t21-,22-,23?,24-,25-,27+/m0/s1. The van der Waals surface area contributed by atoms with Crippen LogP contribution in [0, 0.1) is 22.7 Å². The summed E-state index contributed by atoms with van der Waals surface area (Å²) in [6.45, 7) is 15.5. The number of nitrogens with one attached hydrogen (secondary N) is 4. The lowest BCUT2D eigenvalue weighted by Crippen LogP contribution is -2.67. The van der Waals surface area contributed by atoms with E-state index in [4.69, 9.17) is 4.74 Å². The van der Waals surface area contributed by atoms with Crippen LogP contribution in [-0.4, -0.2) is 104 Å². The molecule has 2 heterocycles. The Morgan fingerprint density at radius 2 is 1.73 bits per heavy atom. The maximum Gasteiger partial charge on any atom is 0.315 e. The number of amides is 5. The van der Waals surface area contributed by atoms with E-state index >= 15 is 0 Å². The smallest absolute Gasteiger partial charge is 0.315 e. The predicted molar refractivity (Wildman–Crippen MR) is 180 cm³/mol. The molecule has 0 spiro atoms. The molecule has 1 unspecified atom stereocenters. The summed E-state index contributed by atoms with van der Waals surface area (Å²) in [6, 6.07) is -3.65. The minimum atomic E-state index is -3.51. The fourth-order valence-electron chi connectivity index (χ4n) is 8.07. The van der Waals surface area contributed by atoms with Crippen molar-refractivity contribution in [1.29, 1.82) is 0 Å². The zero-order valence-corrected chi connectivity index (χ0v) is 30.2. The first kappa shape index (κ1) is 37.8. The number of likely N-dealkylation sites (tertiary alicyclic amines) is 1. The molecule has 14 heteroatoms. The zero-order valence-electron chi connectivity index (χ0n) is 29.4. The number of hydrogen-bond donors (Lipinski definition) is 4. The molecule has 13 nitrogen and oxygen atoms in total. The number of ether oxygens (including phenoxy) is 1. The molecule has 4 aliphatic rings. The lowest BCUT2D eigenvalue weighted by molar-refractivity contribution is -0.145. The van der Waals surface area contributed by atoms with Gasteiger partial charge in [-0.25, -0.2) is 13.2 Å². The molecule has 0 aromatic heterocycles. The van der Waals surface area contributed by atoms with Gasteiger partial charge in [0, 0.05) is 13.1 Å². The number of rotatable bonds is 12. The monoisotopic (exact) mass is 693 g/mol. The highest BCUT2D eigenvalue weighted by atomic mass is 32.2. The second kappa shape index (κ2) is 14.5. The molecule has 4 fully saturated rings. The van der Waals surface area contributed by atoms with Gasteiger partial charge in [-0.15, -0.1) is 6.58 Å². The number of ketones is 1. The van der Waals surface area contributed by atoms with E-state index in [1.165, 1.54) is 11.0 Å². The molecule has 2 saturated heterocycles. The van der Waals surface area contributed by atoms with Crippen molar-refractivity contribution in [3.8, 4) is 0 Å². The van der Waals surface area contributed by atoms with Gasteiger partial charge in [-0.2, -0.15) is 0 Å². The number of Topliss-reactive ketones (excluding diaryl/α,β-unsaturated/α-hetero) is 1. The lowest BCUT2D eigenvalue weighted by Gasteiger charge is -2.45. The van der Waals surface area contributed by atoms with E-state index in [9.17, 15) is 32.4 Å². The van der Waals surface area contributed by atoms with Gasteiger partial charge in [0.15, 0.2) is 9.84 Å². The highest BCUT2D eigenvalue weighted by Crippen LogP contribution is 2.65. The van der Waals surface area contributed by atoms with E-state index in [0.717, 1.165) is 19.3 Å². The normalized spacial score (nSPS) is 28.2. The summed E-state index contributed by atoms with van der Waals surface area (Å²) in [4.78, 5) is 69.1. The van der Waals surface area contributed by atoms with Crippen LogP contribution in [-0.2, 0) is 33.8 Å². The van der Waals surface area contributed by atoms with Crippen LogP contribution in [0.4, 0.5) is 4.79 Å². The number of piperidine rings is 1. The van der Waals surface area contributed by atoms with Gasteiger partial charge in [0.2, 0.25) is 17.6 Å². The molecule has 6 atom stereocenters. The largest absolute Gasteiger partial charge is 0.379 e. The van der Waals surface area contributed by atoms with Crippen LogP contribution in [0.5, 0.6) is 0 Å². The van der Waals surface area contributed by atoms with Crippen LogP contribution >= 0.6 is 0 Å². The van der Waals surface area contributed by atoms with Crippen molar-refractivity contribution >= 4 is 39.4 Å². The quantitative estimate of drug-likeness (QED) is 0.177. The SMILES string of the molecule is C=CCNC(=O)C(=O)[C@H](CCC)NC(=O)[C@@H]1[C@@H]2[C@H](CN1C(=O)[C@@H](NC(=O)NC1(C3COCCS3(=O)=O)CCCCC1)C(C)(C)C)C2(C)C. The molecule has 0 aromatic carbocycles. The van der Waals surface area contributed by atoms with E-state index in [1.807, 2.05) is 41.5 Å². The predicted octanol–water partition coefficient (Wildman–Crippen LogP) is 1.86. The van der Waals surface area contributed by atoms with Gasteiger partial charge < -0.3 is 30.9 Å². The van der Waals surface area contributed by atoms with Gasteiger partial charge in [0.25, 0.3) is 5.91 Å². The lowest BCUT2D eigenvalue weighted by atomic mass is 9.79. The van der Waals surface area contributed by atoms with Crippen LogP contribution in [0.3, 0.4) is 0 Å². The molecule has 2 aliphatic carbocycles. The van der Waals surface area contributed by atoms with Crippen molar-refractivity contribution in [3.63, 3.8) is 0 Å². The van der Waals surface area contributed by atoms with Crippen molar-refractivity contribution < 1.29 is 37.1 Å². The first-order chi connectivity index (χ1) is 22.4. The Morgan fingerprint density at radius 1 is 1.06 bits per heavy atom. The summed E-state index contributed by atoms with van der Waals surface area (Å²) >= 11 is 0. The van der Waals surface area contributed by atoms with Crippen LogP contribution in [0.2, 0.25) is 0 Å². The molecular weight excluding hydrogens is 638 g/mol. The average Bonchev–Trinajstić information content (AvgIpc) is 3.32. The summed E-state index contributed by atoms with van der Waals surface area (Å²) in [7, 11) is -3.51. The number of carbonyl (C=O) groups is 5. The second-order valence-corrected chi connectivity index (χ2v) is 17.9.